The first-order valence-electron chi connectivity index (χ1n) is 8.50. The van der Waals surface area contributed by atoms with Gasteiger partial charge in [-0.25, -0.2) is 4.98 Å². The highest BCUT2D eigenvalue weighted by Crippen LogP contribution is 2.31. The summed E-state index contributed by atoms with van der Waals surface area (Å²) in [4.78, 5) is 18.2. The number of hydrogen-bond donors (Lipinski definition) is 1. The third kappa shape index (κ3) is 4.14. The van der Waals surface area contributed by atoms with Crippen molar-refractivity contribution < 1.29 is 14.3 Å². The minimum absolute atomic E-state index is 0.212. The maximum atomic E-state index is 12.6. The molecule has 1 aliphatic heterocycles. The van der Waals surface area contributed by atoms with Gasteiger partial charge in [0.05, 0.1) is 5.69 Å². The van der Waals surface area contributed by atoms with Gasteiger partial charge in [-0.05, 0) is 42.8 Å². The van der Waals surface area contributed by atoms with Gasteiger partial charge in [0.15, 0.2) is 16.6 Å². The summed E-state index contributed by atoms with van der Waals surface area (Å²) in [7, 11) is 0. The molecule has 7 heteroatoms. The molecule has 0 saturated carbocycles. The first-order chi connectivity index (χ1) is 13.1. The molecule has 4 rings (SSSR count). The van der Waals surface area contributed by atoms with Crippen LogP contribution in [0, 0.1) is 6.92 Å². The minimum Gasteiger partial charge on any atom is -0.486 e. The van der Waals surface area contributed by atoms with Crippen LogP contribution in [0.2, 0.25) is 0 Å². The van der Waals surface area contributed by atoms with E-state index >= 15 is 0 Å². The summed E-state index contributed by atoms with van der Waals surface area (Å²) in [5.41, 5.74) is 2.65. The third-order valence-corrected chi connectivity index (χ3v) is 5.80. The normalized spacial score (nSPS) is 12.7. The van der Waals surface area contributed by atoms with Crippen LogP contribution in [0.25, 0.3) is 0 Å². The standard InChI is InChI=1S/C20H17BrN2O3S/c1-12-18(10-13-2-5-15(21)6-3-13)27-20(22-12)23-19(24)14-4-7-16-17(11-14)26-9-8-25-16/h2-7,11H,8-10H2,1H3,(H,22,23,24). The molecule has 138 valence electrons. The maximum absolute atomic E-state index is 12.6. The van der Waals surface area contributed by atoms with Crippen molar-refractivity contribution >= 4 is 38.3 Å². The summed E-state index contributed by atoms with van der Waals surface area (Å²) < 4.78 is 12.1. The maximum Gasteiger partial charge on any atom is 0.257 e. The first-order valence-corrected chi connectivity index (χ1v) is 10.1. The van der Waals surface area contributed by atoms with Crippen LogP contribution in [0.3, 0.4) is 0 Å². The monoisotopic (exact) mass is 444 g/mol. The highest BCUT2D eigenvalue weighted by atomic mass is 79.9. The molecular weight excluding hydrogens is 428 g/mol. The fourth-order valence-electron chi connectivity index (χ4n) is 2.79. The lowest BCUT2D eigenvalue weighted by atomic mass is 10.1. The van der Waals surface area contributed by atoms with Gasteiger partial charge in [0.1, 0.15) is 13.2 Å². The van der Waals surface area contributed by atoms with E-state index in [1.54, 1.807) is 18.2 Å². The fraction of sp³-hybridized carbons (Fsp3) is 0.200. The molecule has 0 atom stereocenters. The van der Waals surface area contributed by atoms with Gasteiger partial charge in [-0.1, -0.05) is 28.1 Å². The Morgan fingerprint density at radius 2 is 1.89 bits per heavy atom. The van der Waals surface area contributed by atoms with Gasteiger partial charge >= 0.3 is 0 Å². The van der Waals surface area contributed by atoms with Crippen molar-refractivity contribution in [1.82, 2.24) is 4.98 Å². The number of anilines is 1. The van der Waals surface area contributed by atoms with E-state index in [-0.39, 0.29) is 5.91 Å². The Morgan fingerprint density at radius 3 is 2.67 bits per heavy atom. The van der Waals surface area contributed by atoms with Crippen molar-refractivity contribution in [3.8, 4) is 11.5 Å². The van der Waals surface area contributed by atoms with Gasteiger partial charge in [0.2, 0.25) is 0 Å². The Morgan fingerprint density at radius 1 is 1.15 bits per heavy atom. The van der Waals surface area contributed by atoms with Crippen LogP contribution >= 0.6 is 27.3 Å². The number of fused-ring (bicyclic) bond motifs is 1. The Balaban J connectivity index is 1.48. The van der Waals surface area contributed by atoms with Gasteiger partial charge < -0.3 is 9.47 Å². The Labute approximate surface area is 169 Å². The SMILES string of the molecule is Cc1nc(NC(=O)c2ccc3c(c2)OCCO3)sc1Cc1ccc(Br)cc1. The number of aromatic nitrogens is 1. The highest BCUT2D eigenvalue weighted by molar-refractivity contribution is 9.10. The van der Waals surface area contributed by atoms with Crippen molar-refractivity contribution in [2.45, 2.75) is 13.3 Å². The molecule has 3 aromatic rings. The van der Waals surface area contributed by atoms with Gasteiger partial charge in [-0.3, -0.25) is 10.1 Å². The lowest BCUT2D eigenvalue weighted by molar-refractivity contribution is 0.102. The largest absolute Gasteiger partial charge is 0.486 e. The van der Waals surface area contributed by atoms with E-state index in [9.17, 15) is 4.79 Å². The van der Waals surface area contributed by atoms with Crippen LogP contribution in [-0.4, -0.2) is 24.1 Å². The third-order valence-electron chi connectivity index (χ3n) is 4.20. The molecule has 1 aromatic heterocycles. The quantitative estimate of drug-likeness (QED) is 0.625. The number of hydrogen-bond acceptors (Lipinski definition) is 5. The summed E-state index contributed by atoms with van der Waals surface area (Å²) in [5, 5.41) is 3.48. The average Bonchev–Trinajstić information content (AvgIpc) is 3.02. The second kappa shape index (κ2) is 7.70. The fourth-order valence-corrected chi connectivity index (χ4v) is 4.04. The predicted molar refractivity (Wildman–Crippen MR) is 109 cm³/mol. The van der Waals surface area contributed by atoms with Crippen molar-refractivity contribution in [3.63, 3.8) is 0 Å². The lowest BCUT2D eigenvalue weighted by Gasteiger charge is -2.18. The molecule has 0 radical (unpaired) electrons. The van der Waals surface area contributed by atoms with Crippen LogP contribution in [0.15, 0.2) is 46.9 Å². The number of thiazole rings is 1. The molecule has 1 aliphatic rings. The van der Waals surface area contributed by atoms with Crippen LogP contribution < -0.4 is 14.8 Å². The van der Waals surface area contributed by atoms with Gasteiger partial charge in [0.25, 0.3) is 5.91 Å². The number of nitrogens with zero attached hydrogens (tertiary/aromatic N) is 1. The number of carbonyl (C=O) groups is 1. The molecular formula is C20H17BrN2O3S. The summed E-state index contributed by atoms with van der Waals surface area (Å²) in [6.07, 6.45) is 0.788. The van der Waals surface area contributed by atoms with Gasteiger partial charge in [-0.2, -0.15) is 0 Å². The number of aryl methyl sites for hydroxylation is 1. The molecule has 1 amide bonds. The van der Waals surface area contributed by atoms with Crippen molar-refractivity contribution in [1.29, 1.82) is 0 Å². The smallest absolute Gasteiger partial charge is 0.257 e. The number of rotatable bonds is 4. The Hall–Kier alpha value is -2.38. The number of nitrogens with one attached hydrogen (secondary N) is 1. The average molecular weight is 445 g/mol. The van der Waals surface area contributed by atoms with Crippen LogP contribution in [0.1, 0.15) is 26.5 Å². The zero-order valence-corrected chi connectivity index (χ0v) is 17.0. The van der Waals surface area contributed by atoms with Crippen molar-refractivity contribution in [2.75, 3.05) is 18.5 Å². The van der Waals surface area contributed by atoms with E-state index in [2.05, 4.69) is 38.4 Å². The molecule has 2 heterocycles. The van der Waals surface area contributed by atoms with E-state index in [1.165, 1.54) is 16.9 Å². The van der Waals surface area contributed by atoms with E-state index < -0.39 is 0 Å². The van der Waals surface area contributed by atoms with E-state index in [0.29, 0.717) is 35.4 Å². The van der Waals surface area contributed by atoms with Crippen molar-refractivity contribution in [2.24, 2.45) is 0 Å². The molecule has 0 fully saturated rings. The lowest BCUT2D eigenvalue weighted by Crippen LogP contribution is -2.17. The van der Waals surface area contributed by atoms with Crippen LogP contribution in [-0.2, 0) is 6.42 Å². The molecule has 0 spiro atoms. The number of ether oxygens (including phenoxy) is 2. The zero-order chi connectivity index (χ0) is 18.8. The van der Waals surface area contributed by atoms with E-state index in [1.807, 2.05) is 19.1 Å². The summed E-state index contributed by atoms with van der Waals surface area (Å²) in [6.45, 7) is 2.98. The minimum atomic E-state index is -0.212. The van der Waals surface area contributed by atoms with Gasteiger partial charge in [0, 0.05) is 21.3 Å². The number of amides is 1. The second-order valence-corrected chi connectivity index (χ2v) is 8.14. The summed E-state index contributed by atoms with van der Waals surface area (Å²) >= 11 is 4.95. The Bertz CT molecular complexity index is 985. The van der Waals surface area contributed by atoms with E-state index in [0.717, 1.165) is 21.5 Å². The van der Waals surface area contributed by atoms with E-state index in [4.69, 9.17) is 9.47 Å². The molecule has 0 aliphatic carbocycles. The van der Waals surface area contributed by atoms with Crippen LogP contribution in [0.4, 0.5) is 5.13 Å². The Kier molecular flexibility index (Phi) is 5.13. The zero-order valence-electron chi connectivity index (χ0n) is 14.6. The number of benzene rings is 2. The van der Waals surface area contributed by atoms with Crippen molar-refractivity contribution in [3.05, 3.63) is 68.6 Å². The van der Waals surface area contributed by atoms with Crippen LogP contribution in [0.5, 0.6) is 11.5 Å². The molecule has 0 bridgehead atoms. The summed E-state index contributed by atoms with van der Waals surface area (Å²) in [6, 6.07) is 13.4. The number of halogens is 1. The summed E-state index contributed by atoms with van der Waals surface area (Å²) in [5.74, 6) is 1.05. The molecule has 5 nitrogen and oxygen atoms in total. The highest BCUT2D eigenvalue weighted by Gasteiger charge is 2.17. The number of carbonyl (C=O) groups excluding carboxylic acids is 1. The topological polar surface area (TPSA) is 60.5 Å². The van der Waals surface area contributed by atoms with Gasteiger partial charge in [-0.15, -0.1) is 11.3 Å². The molecule has 2 aromatic carbocycles. The second-order valence-electron chi connectivity index (χ2n) is 6.14. The predicted octanol–water partition coefficient (Wildman–Crippen LogP) is 4.83. The molecule has 0 saturated heterocycles. The molecule has 1 N–H and O–H groups in total. The first kappa shape index (κ1) is 18.0. The molecule has 0 unspecified atom stereocenters. The molecule has 27 heavy (non-hydrogen) atoms.